The van der Waals surface area contributed by atoms with Gasteiger partial charge >= 0.3 is 5.97 Å². The molecular weight excluding hydrogens is 178 g/mol. The Kier molecular flexibility index (Phi) is 8.64. The highest BCUT2D eigenvalue weighted by molar-refractivity contribution is 5.72. The quantitative estimate of drug-likeness (QED) is 0.563. The third kappa shape index (κ3) is 8.05. The van der Waals surface area contributed by atoms with Crippen molar-refractivity contribution in [1.82, 2.24) is 0 Å². The second kappa shape index (κ2) is 9.00. The van der Waals surface area contributed by atoms with Crippen LogP contribution in [0.4, 0.5) is 0 Å². The summed E-state index contributed by atoms with van der Waals surface area (Å²) in [6.07, 6.45) is 9.05. The minimum absolute atomic E-state index is 0.614. The van der Waals surface area contributed by atoms with Crippen molar-refractivity contribution in [3.63, 3.8) is 0 Å². The Morgan fingerprint density at radius 3 is 2.14 bits per heavy atom. The van der Waals surface area contributed by atoms with E-state index in [0.29, 0.717) is 6.42 Å². The zero-order chi connectivity index (χ0) is 10.8. The Bertz CT molecular complexity index is 148. The van der Waals surface area contributed by atoms with Crippen molar-refractivity contribution in [3.05, 3.63) is 0 Å². The summed E-state index contributed by atoms with van der Waals surface area (Å²) in [6, 6.07) is -0.661. The molecule has 0 heterocycles. The first kappa shape index (κ1) is 13.4. The Morgan fingerprint density at radius 2 is 1.64 bits per heavy atom. The lowest BCUT2D eigenvalue weighted by atomic mass is 10.1. The van der Waals surface area contributed by atoms with Gasteiger partial charge in [0.25, 0.3) is 0 Å². The molecule has 0 spiro atoms. The molecule has 0 aromatic rings. The SMILES string of the molecule is CCCCCCCCCC(N)C(=O)O. The van der Waals surface area contributed by atoms with Gasteiger partial charge in [-0.3, -0.25) is 4.79 Å². The van der Waals surface area contributed by atoms with Gasteiger partial charge in [0.15, 0.2) is 0 Å². The number of carbonyl (C=O) groups is 1. The number of nitrogens with two attached hydrogens (primary N) is 1. The highest BCUT2D eigenvalue weighted by Crippen LogP contribution is 2.09. The second-order valence-corrected chi connectivity index (χ2v) is 3.85. The molecule has 3 N–H and O–H groups in total. The van der Waals surface area contributed by atoms with E-state index in [0.717, 1.165) is 12.8 Å². The molecule has 0 rings (SSSR count). The van der Waals surface area contributed by atoms with Crippen LogP contribution in [0.2, 0.25) is 0 Å². The zero-order valence-electron chi connectivity index (χ0n) is 9.17. The fourth-order valence-electron chi connectivity index (χ4n) is 1.44. The van der Waals surface area contributed by atoms with Crippen LogP contribution in [-0.4, -0.2) is 17.1 Å². The summed E-state index contributed by atoms with van der Waals surface area (Å²) in [5.41, 5.74) is 5.38. The van der Waals surface area contributed by atoms with Gasteiger partial charge in [-0.25, -0.2) is 0 Å². The van der Waals surface area contributed by atoms with Crippen LogP contribution < -0.4 is 5.73 Å². The fraction of sp³-hybridized carbons (Fsp3) is 0.909. The van der Waals surface area contributed by atoms with E-state index in [9.17, 15) is 4.79 Å². The number of hydrogen-bond donors (Lipinski definition) is 2. The van der Waals surface area contributed by atoms with E-state index in [1.54, 1.807) is 0 Å². The van der Waals surface area contributed by atoms with Crippen molar-refractivity contribution in [2.75, 3.05) is 0 Å². The molecule has 0 aromatic heterocycles. The van der Waals surface area contributed by atoms with Gasteiger partial charge in [0, 0.05) is 0 Å². The minimum Gasteiger partial charge on any atom is -0.480 e. The summed E-state index contributed by atoms with van der Waals surface area (Å²) < 4.78 is 0. The largest absolute Gasteiger partial charge is 0.480 e. The molecule has 0 fully saturated rings. The molecule has 3 nitrogen and oxygen atoms in total. The maximum atomic E-state index is 10.4. The summed E-state index contributed by atoms with van der Waals surface area (Å²) in [6.45, 7) is 2.20. The highest BCUT2D eigenvalue weighted by Gasteiger charge is 2.09. The van der Waals surface area contributed by atoms with Gasteiger partial charge in [-0.1, -0.05) is 51.9 Å². The fourth-order valence-corrected chi connectivity index (χ4v) is 1.44. The number of rotatable bonds is 9. The molecule has 0 saturated carbocycles. The molecule has 0 amide bonds. The molecule has 0 aliphatic heterocycles. The Balaban J connectivity index is 3.09. The first-order chi connectivity index (χ1) is 6.68. The predicted molar refractivity (Wildman–Crippen MR) is 58.2 cm³/mol. The molecule has 1 unspecified atom stereocenters. The normalized spacial score (nSPS) is 12.7. The lowest BCUT2D eigenvalue weighted by Crippen LogP contribution is -2.29. The Hall–Kier alpha value is -0.570. The molecule has 3 heteroatoms. The molecule has 0 aliphatic rings. The lowest BCUT2D eigenvalue weighted by molar-refractivity contribution is -0.138. The number of hydrogen-bond acceptors (Lipinski definition) is 2. The van der Waals surface area contributed by atoms with Gasteiger partial charge in [-0.05, 0) is 6.42 Å². The lowest BCUT2D eigenvalue weighted by Gasteiger charge is -2.05. The standard InChI is InChI=1S/C11H23NO2/c1-2-3-4-5-6-7-8-9-10(12)11(13)14/h10H,2-9,12H2,1H3,(H,13,14). The number of carboxylic acid groups (broad SMARTS) is 1. The van der Waals surface area contributed by atoms with Crippen molar-refractivity contribution in [2.45, 2.75) is 64.3 Å². The number of unbranched alkanes of at least 4 members (excludes halogenated alkanes) is 6. The minimum atomic E-state index is -0.879. The van der Waals surface area contributed by atoms with Crippen LogP contribution in [0.15, 0.2) is 0 Å². The van der Waals surface area contributed by atoms with Crippen LogP contribution >= 0.6 is 0 Å². The molecule has 0 aliphatic carbocycles. The van der Waals surface area contributed by atoms with Crippen molar-refractivity contribution < 1.29 is 9.90 Å². The van der Waals surface area contributed by atoms with Crippen molar-refractivity contribution in [1.29, 1.82) is 0 Å². The Labute approximate surface area is 86.7 Å². The van der Waals surface area contributed by atoms with E-state index in [1.807, 2.05) is 0 Å². The average Bonchev–Trinajstić information content (AvgIpc) is 2.16. The van der Waals surface area contributed by atoms with Crippen molar-refractivity contribution >= 4 is 5.97 Å². The van der Waals surface area contributed by atoms with Gasteiger partial charge in [0.05, 0.1) is 0 Å². The topological polar surface area (TPSA) is 63.3 Å². The van der Waals surface area contributed by atoms with E-state index in [1.165, 1.54) is 32.1 Å². The van der Waals surface area contributed by atoms with Crippen molar-refractivity contribution in [2.24, 2.45) is 5.73 Å². The molecule has 0 aromatic carbocycles. The number of carboxylic acids is 1. The van der Waals surface area contributed by atoms with Crippen LogP contribution in [0.5, 0.6) is 0 Å². The molecule has 1 atom stereocenters. The van der Waals surface area contributed by atoms with Crippen LogP contribution in [0.1, 0.15) is 58.3 Å². The van der Waals surface area contributed by atoms with Gasteiger partial charge < -0.3 is 10.8 Å². The maximum absolute atomic E-state index is 10.4. The monoisotopic (exact) mass is 201 g/mol. The number of aliphatic carboxylic acids is 1. The maximum Gasteiger partial charge on any atom is 0.320 e. The third-order valence-corrected chi connectivity index (χ3v) is 2.44. The van der Waals surface area contributed by atoms with E-state index >= 15 is 0 Å². The van der Waals surface area contributed by atoms with Crippen LogP contribution in [0, 0.1) is 0 Å². The molecule has 84 valence electrons. The molecule has 0 bridgehead atoms. The van der Waals surface area contributed by atoms with E-state index in [2.05, 4.69) is 6.92 Å². The molecule has 0 radical (unpaired) electrons. The Morgan fingerprint density at radius 1 is 1.14 bits per heavy atom. The van der Waals surface area contributed by atoms with E-state index < -0.39 is 12.0 Å². The third-order valence-electron chi connectivity index (χ3n) is 2.44. The van der Waals surface area contributed by atoms with Gasteiger partial charge in [0.2, 0.25) is 0 Å². The second-order valence-electron chi connectivity index (χ2n) is 3.85. The summed E-state index contributed by atoms with van der Waals surface area (Å²) in [5.74, 6) is -0.879. The van der Waals surface area contributed by atoms with Gasteiger partial charge in [-0.15, -0.1) is 0 Å². The molecular formula is C11H23NO2. The summed E-state index contributed by atoms with van der Waals surface area (Å²) >= 11 is 0. The van der Waals surface area contributed by atoms with Crippen LogP contribution in [0.25, 0.3) is 0 Å². The van der Waals surface area contributed by atoms with Gasteiger partial charge in [0.1, 0.15) is 6.04 Å². The average molecular weight is 201 g/mol. The highest BCUT2D eigenvalue weighted by atomic mass is 16.4. The summed E-state index contributed by atoms with van der Waals surface area (Å²) in [5, 5.41) is 8.53. The molecule has 0 saturated heterocycles. The van der Waals surface area contributed by atoms with E-state index in [-0.39, 0.29) is 0 Å². The predicted octanol–water partition coefficient (Wildman–Crippen LogP) is 2.54. The van der Waals surface area contributed by atoms with E-state index in [4.69, 9.17) is 10.8 Å². The summed E-state index contributed by atoms with van der Waals surface area (Å²) in [4.78, 5) is 10.4. The first-order valence-electron chi connectivity index (χ1n) is 5.67. The van der Waals surface area contributed by atoms with Crippen LogP contribution in [-0.2, 0) is 4.79 Å². The van der Waals surface area contributed by atoms with Gasteiger partial charge in [-0.2, -0.15) is 0 Å². The van der Waals surface area contributed by atoms with Crippen LogP contribution in [0.3, 0.4) is 0 Å². The first-order valence-corrected chi connectivity index (χ1v) is 5.67. The molecule has 14 heavy (non-hydrogen) atoms. The zero-order valence-corrected chi connectivity index (χ0v) is 9.17. The smallest absolute Gasteiger partial charge is 0.320 e. The van der Waals surface area contributed by atoms with Crippen molar-refractivity contribution in [3.8, 4) is 0 Å². The summed E-state index contributed by atoms with van der Waals surface area (Å²) in [7, 11) is 0.